The van der Waals surface area contributed by atoms with Gasteiger partial charge in [-0.1, -0.05) is 24.3 Å². The number of rotatable bonds is 9. The molecular weight excluding hydrogens is 356 g/mol. The fourth-order valence-electron chi connectivity index (χ4n) is 3.81. The Morgan fingerprint density at radius 3 is 2.79 bits per heavy atom. The lowest BCUT2D eigenvalue weighted by atomic mass is 9.94. The van der Waals surface area contributed by atoms with E-state index in [4.69, 9.17) is 23.7 Å². The van der Waals surface area contributed by atoms with E-state index < -0.39 is 0 Å². The maximum Gasteiger partial charge on any atom is 0.164 e. The average molecular weight is 391 g/mol. The Hall–Kier alpha value is -1.40. The van der Waals surface area contributed by atoms with Crippen LogP contribution in [-0.2, 0) is 18.9 Å². The summed E-state index contributed by atoms with van der Waals surface area (Å²) in [6.45, 7) is 3.66. The number of allylic oxidation sites excluding steroid dienone is 2. The fraction of sp³-hybridized carbons (Fsp3) is 0.652. The maximum absolute atomic E-state index is 5.88. The number of hydrogen-bond donors (Lipinski definition) is 0. The van der Waals surface area contributed by atoms with Gasteiger partial charge in [-0.25, -0.2) is 0 Å². The summed E-state index contributed by atoms with van der Waals surface area (Å²) >= 11 is 0. The van der Waals surface area contributed by atoms with E-state index in [1.807, 2.05) is 12.1 Å². The van der Waals surface area contributed by atoms with Crippen LogP contribution in [-0.4, -0.2) is 52.5 Å². The van der Waals surface area contributed by atoms with Crippen molar-refractivity contribution < 1.29 is 23.7 Å². The highest BCUT2D eigenvalue weighted by Gasteiger charge is 2.27. The van der Waals surface area contributed by atoms with Crippen LogP contribution in [0.4, 0.5) is 0 Å². The predicted molar refractivity (Wildman–Crippen MR) is 109 cm³/mol. The maximum atomic E-state index is 5.88. The lowest BCUT2D eigenvalue weighted by molar-refractivity contribution is -0.0604. The molecule has 2 heterocycles. The molecule has 2 atom stereocenters. The van der Waals surface area contributed by atoms with E-state index >= 15 is 0 Å². The van der Waals surface area contributed by atoms with Crippen molar-refractivity contribution in [3.05, 3.63) is 42.0 Å². The number of hydrogen-bond acceptors (Lipinski definition) is 5. The van der Waals surface area contributed by atoms with E-state index in [1.54, 1.807) is 7.11 Å². The summed E-state index contributed by atoms with van der Waals surface area (Å²) < 4.78 is 28.3. The molecule has 0 radical (unpaired) electrons. The monoisotopic (exact) mass is 390 g/mol. The van der Waals surface area contributed by atoms with Gasteiger partial charge in [-0.3, -0.25) is 0 Å². The lowest BCUT2D eigenvalue weighted by Crippen LogP contribution is -2.20. The lowest BCUT2D eigenvalue weighted by Gasteiger charge is -2.22. The highest BCUT2D eigenvalue weighted by molar-refractivity contribution is 5.31. The van der Waals surface area contributed by atoms with Gasteiger partial charge in [0.05, 0.1) is 39.6 Å². The first-order valence-electron chi connectivity index (χ1n) is 10.6. The van der Waals surface area contributed by atoms with Crippen LogP contribution in [0.5, 0.6) is 5.75 Å². The van der Waals surface area contributed by atoms with Crippen molar-refractivity contribution >= 4 is 0 Å². The number of ether oxygens (including phenoxy) is 5. The molecule has 1 aromatic carbocycles. The Bertz CT molecular complexity index is 574. The van der Waals surface area contributed by atoms with Crippen LogP contribution in [0.15, 0.2) is 36.4 Å². The summed E-state index contributed by atoms with van der Waals surface area (Å²) in [7, 11) is 1.70. The first kappa shape index (κ1) is 21.3. The molecule has 0 aliphatic carbocycles. The first-order chi connectivity index (χ1) is 13.9. The smallest absolute Gasteiger partial charge is 0.164 e. The van der Waals surface area contributed by atoms with Crippen molar-refractivity contribution in [2.75, 3.05) is 40.1 Å². The second-order valence-corrected chi connectivity index (χ2v) is 7.38. The molecule has 0 saturated carbocycles. The Morgan fingerprint density at radius 2 is 1.93 bits per heavy atom. The topological polar surface area (TPSA) is 46.2 Å². The quantitative estimate of drug-likeness (QED) is 0.460. The van der Waals surface area contributed by atoms with Gasteiger partial charge >= 0.3 is 0 Å². The van der Waals surface area contributed by atoms with Crippen molar-refractivity contribution in [3.8, 4) is 5.75 Å². The Kier molecular flexibility index (Phi) is 9.30. The molecule has 0 spiro atoms. The molecule has 2 fully saturated rings. The van der Waals surface area contributed by atoms with Gasteiger partial charge in [-0.2, -0.15) is 0 Å². The molecule has 156 valence electrons. The minimum atomic E-state index is -0.178. The van der Waals surface area contributed by atoms with Crippen molar-refractivity contribution in [2.24, 2.45) is 0 Å². The third-order valence-corrected chi connectivity index (χ3v) is 5.35. The predicted octanol–water partition coefficient (Wildman–Crippen LogP) is 4.46. The zero-order chi connectivity index (χ0) is 19.4. The Balaban J connectivity index is 1.46. The van der Waals surface area contributed by atoms with Crippen LogP contribution in [0.3, 0.4) is 0 Å². The van der Waals surface area contributed by atoms with E-state index in [-0.39, 0.29) is 12.2 Å². The van der Waals surface area contributed by atoms with Crippen LogP contribution in [0.25, 0.3) is 0 Å². The van der Waals surface area contributed by atoms with Gasteiger partial charge in [-0.15, -0.1) is 0 Å². The number of methoxy groups -OCH3 is 1. The zero-order valence-corrected chi connectivity index (χ0v) is 17.0. The molecule has 0 N–H and O–H groups in total. The molecule has 0 bridgehead atoms. The van der Waals surface area contributed by atoms with Crippen molar-refractivity contribution in [1.82, 2.24) is 0 Å². The molecule has 2 unspecified atom stereocenters. The summed E-state index contributed by atoms with van der Waals surface area (Å²) in [5.74, 6) is 1.05. The Morgan fingerprint density at radius 1 is 1.07 bits per heavy atom. The minimum Gasteiger partial charge on any atom is -0.497 e. The molecule has 5 nitrogen and oxygen atoms in total. The Labute approximate surface area is 169 Å². The van der Waals surface area contributed by atoms with Crippen LogP contribution in [0.2, 0.25) is 0 Å². The number of benzene rings is 1. The summed E-state index contributed by atoms with van der Waals surface area (Å²) in [4.78, 5) is 0. The van der Waals surface area contributed by atoms with E-state index in [0.717, 1.165) is 64.1 Å². The third-order valence-electron chi connectivity index (χ3n) is 5.35. The molecule has 2 aliphatic heterocycles. The van der Waals surface area contributed by atoms with Gasteiger partial charge < -0.3 is 23.7 Å². The second kappa shape index (κ2) is 12.2. The van der Waals surface area contributed by atoms with Gasteiger partial charge in [0.1, 0.15) is 5.75 Å². The second-order valence-electron chi connectivity index (χ2n) is 7.38. The first-order valence-corrected chi connectivity index (χ1v) is 10.6. The van der Waals surface area contributed by atoms with Crippen LogP contribution >= 0.6 is 0 Å². The van der Waals surface area contributed by atoms with Gasteiger partial charge in [0.15, 0.2) is 6.29 Å². The van der Waals surface area contributed by atoms with E-state index in [2.05, 4.69) is 24.3 Å². The molecule has 28 heavy (non-hydrogen) atoms. The third kappa shape index (κ3) is 6.89. The normalized spacial score (nSPS) is 22.8. The minimum absolute atomic E-state index is 0.178. The van der Waals surface area contributed by atoms with E-state index in [1.165, 1.54) is 5.56 Å². The van der Waals surface area contributed by atoms with Crippen molar-refractivity contribution in [3.63, 3.8) is 0 Å². The average Bonchev–Trinajstić information content (AvgIpc) is 3.23. The van der Waals surface area contributed by atoms with Crippen LogP contribution in [0.1, 0.15) is 50.0 Å². The molecule has 2 aliphatic rings. The van der Waals surface area contributed by atoms with Gasteiger partial charge in [-0.05, 0) is 56.2 Å². The largest absolute Gasteiger partial charge is 0.497 e. The molecule has 5 heteroatoms. The van der Waals surface area contributed by atoms with Crippen LogP contribution in [0, 0.1) is 0 Å². The van der Waals surface area contributed by atoms with Crippen LogP contribution < -0.4 is 4.74 Å². The summed E-state index contributed by atoms with van der Waals surface area (Å²) in [5, 5.41) is 0. The van der Waals surface area contributed by atoms with Gasteiger partial charge in [0.25, 0.3) is 0 Å². The van der Waals surface area contributed by atoms with E-state index in [0.29, 0.717) is 19.3 Å². The van der Waals surface area contributed by atoms with E-state index in [9.17, 15) is 0 Å². The van der Waals surface area contributed by atoms with Gasteiger partial charge in [0.2, 0.25) is 0 Å². The SMILES string of the molecule is COc1cccc(C(C/C=C/CCCC2CCCOCCO2)C2OCCO2)c1. The molecule has 1 aromatic rings. The summed E-state index contributed by atoms with van der Waals surface area (Å²) in [5.41, 5.74) is 1.20. The molecule has 0 amide bonds. The molecule has 3 rings (SSSR count). The summed E-state index contributed by atoms with van der Waals surface area (Å²) in [6.07, 6.45) is 11.2. The molecular formula is C23H34O5. The van der Waals surface area contributed by atoms with Crippen molar-refractivity contribution in [1.29, 1.82) is 0 Å². The van der Waals surface area contributed by atoms with Crippen molar-refractivity contribution in [2.45, 2.75) is 56.8 Å². The standard InChI is InChI=1S/C23H34O5/c1-24-21-10-6-8-19(18-21)22(23-27-16-17-28-23)12-5-3-2-4-9-20-11-7-13-25-14-15-26-20/h3,5-6,8,10,18,20,22-23H,2,4,7,9,11-17H2,1H3/b5-3+. The molecule has 2 saturated heterocycles. The zero-order valence-electron chi connectivity index (χ0n) is 17.0. The van der Waals surface area contributed by atoms with Gasteiger partial charge in [0, 0.05) is 12.5 Å². The fourth-order valence-corrected chi connectivity index (χ4v) is 3.81. The molecule has 0 aromatic heterocycles. The highest BCUT2D eigenvalue weighted by Crippen LogP contribution is 2.31. The highest BCUT2D eigenvalue weighted by atomic mass is 16.7. The number of unbranched alkanes of at least 4 members (excludes halogenated alkanes) is 1. The summed E-state index contributed by atoms with van der Waals surface area (Å²) in [6, 6.07) is 8.21.